The molecule has 0 radical (unpaired) electrons. The zero-order valence-electron chi connectivity index (χ0n) is 18.3. The Morgan fingerprint density at radius 2 is 1.90 bits per heavy atom. The molecule has 30 heavy (non-hydrogen) atoms. The second kappa shape index (κ2) is 12.5. The van der Waals surface area contributed by atoms with Crippen LogP contribution in [0.1, 0.15) is 50.9 Å². The molecule has 0 bridgehead atoms. The maximum absolute atomic E-state index is 12.5. The topological polar surface area (TPSA) is 99.0 Å². The SMILES string of the molecule is CCOC(=O)c1ccc([N+](=O)[O-])cc1N(C)C(=O)COC/C=C(\C)CCC=C(C)C. The molecule has 8 nitrogen and oxygen atoms in total. The zero-order valence-corrected chi connectivity index (χ0v) is 18.3. The second-order valence-electron chi connectivity index (χ2n) is 7.02. The van der Waals surface area contributed by atoms with Crippen LogP contribution in [0.4, 0.5) is 11.4 Å². The van der Waals surface area contributed by atoms with Gasteiger partial charge in [0, 0.05) is 19.2 Å². The van der Waals surface area contributed by atoms with Gasteiger partial charge in [0.15, 0.2) is 0 Å². The summed E-state index contributed by atoms with van der Waals surface area (Å²) in [5, 5.41) is 11.1. The highest BCUT2D eigenvalue weighted by Gasteiger charge is 2.22. The Balaban J connectivity index is 2.79. The number of nitrogens with zero attached hydrogens (tertiary/aromatic N) is 2. The molecule has 0 aromatic heterocycles. The molecule has 0 unspecified atom stereocenters. The van der Waals surface area contributed by atoms with Crippen LogP contribution in [0.3, 0.4) is 0 Å². The molecule has 0 atom stereocenters. The Morgan fingerprint density at radius 1 is 1.20 bits per heavy atom. The van der Waals surface area contributed by atoms with E-state index < -0.39 is 16.8 Å². The largest absolute Gasteiger partial charge is 0.462 e. The number of nitro benzene ring substituents is 1. The maximum Gasteiger partial charge on any atom is 0.340 e. The van der Waals surface area contributed by atoms with Crippen molar-refractivity contribution in [1.29, 1.82) is 0 Å². The normalized spacial score (nSPS) is 11.0. The van der Waals surface area contributed by atoms with E-state index in [1.807, 2.05) is 13.0 Å². The molecule has 0 fully saturated rings. The molecule has 8 heteroatoms. The fourth-order valence-corrected chi connectivity index (χ4v) is 2.56. The van der Waals surface area contributed by atoms with Crippen LogP contribution in [-0.4, -0.2) is 43.7 Å². The Labute approximate surface area is 177 Å². The summed E-state index contributed by atoms with van der Waals surface area (Å²) in [5.41, 5.74) is 2.39. The number of carbonyl (C=O) groups is 2. The predicted octanol–water partition coefficient (Wildman–Crippen LogP) is 4.44. The van der Waals surface area contributed by atoms with Crippen LogP contribution in [0.15, 0.2) is 41.5 Å². The van der Waals surface area contributed by atoms with E-state index in [0.717, 1.165) is 18.4 Å². The van der Waals surface area contributed by atoms with Crippen LogP contribution >= 0.6 is 0 Å². The lowest BCUT2D eigenvalue weighted by atomic mass is 10.1. The van der Waals surface area contributed by atoms with Crippen LogP contribution in [0.2, 0.25) is 0 Å². The van der Waals surface area contributed by atoms with Crippen LogP contribution in [0.5, 0.6) is 0 Å². The number of anilines is 1. The Morgan fingerprint density at radius 3 is 2.50 bits per heavy atom. The van der Waals surface area contributed by atoms with E-state index in [1.54, 1.807) is 6.92 Å². The maximum atomic E-state index is 12.5. The van der Waals surface area contributed by atoms with Gasteiger partial charge in [-0.1, -0.05) is 23.3 Å². The van der Waals surface area contributed by atoms with Gasteiger partial charge >= 0.3 is 5.97 Å². The number of allylic oxidation sites excluding steroid dienone is 3. The second-order valence-corrected chi connectivity index (χ2v) is 7.02. The molecule has 1 aromatic carbocycles. The third-order valence-electron chi connectivity index (χ3n) is 4.29. The van der Waals surface area contributed by atoms with Crippen LogP contribution < -0.4 is 4.90 Å². The first kappa shape index (κ1) is 25.0. The van der Waals surface area contributed by atoms with Gasteiger partial charge in [0.05, 0.1) is 29.4 Å². The van der Waals surface area contributed by atoms with Crippen molar-refractivity contribution in [2.75, 3.05) is 31.8 Å². The van der Waals surface area contributed by atoms with E-state index in [-0.39, 0.29) is 36.8 Å². The number of likely N-dealkylation sites (N-methyl/N-ethyl adjacent to an activating group) is 1. The van der Waals surface area contributed by atoms with E-state index >= 15 is 0 Å². The average molecular weight is 418 g/mol. The van der Waals surface area contributed by atoms with Gasteiger partial charge in [0.1, 0.15) is 6.61 Å². The number of nitro groups is 1. The fourth-order valence-electron chi connectivity index (χ4n) is 2.56. The van der Waals surface area contributed by atoms with Crippen molar-refractivity contribution in [2.45, 2.75) is 40.5 Å². The molecule has 1 rings (SSSR count). The number of hydrogen-bond donors (Lipinski definition) is 0. The number of hydrogen-bond acceptors (Lipinski definition) is 6. The molecule has 1 amide bonds. The summed E-state index contributed by atoms with van der Waals surface area (Å²) in [6, 6.07) is 3.67. The lowest BCUT2D eigenvalue weighted by Gasteiger charge is -2.20. The van der Waals surface area contributed by atoms with Crippen molar-refractivity contribution in [1.82, 2.24) is 0 Å². The Hall–Kier alpha value is -3.00. The van der Waals surface area contributed by atoms with Gasteiger partial charge in [-0.2, -0.15) is 0 Å². The van der Waals surface area contributed by atoms with Crippen molar-refractivity contribution < 1.29 is 24.0 Å². The number of esters is 1. The van der Waals surface area contributed by atoms with Crippen molar-refractivity contribution in [2.24, 2.45) is 0 Å². The van der Waals surface area contributed by atoms with Crippen molar-refractivity contribution >= 4 is 23.3 Å². The van der Waals surface area contributed by atoms with Gasteiger partial charge in [0.2, 0.25) is 0 Å². The van der Waals surface area contributed by atoms with E-state index in [4.69, 9.17) is 9.47 Å². The van der Waals surface area contributed by atoms with Crippen molar-refractivity contribution in [3.8, 4) is 0 Å². The first-order valence-corrected chi connectivity index (χ1v) is 9.76. The molecule has 0 spiro atoms. The molecule has 1 aromatic rings. The molecule has 164 valence electrons. The minimum Gasteiger partial charge on any atom is -0.462 e. The lowest BCUT2D eigenvalue weighted by molar-refractivity contribution is -0.384. The number of carbonyl (C=O) groups excluding carboxylic acids is 2. The summed E-state index contributed by atoms with van der Waals surface area (Å²) in [5.74, 6) is -1.09. The molecule has 0 N–H and O–H groups in total. The summed E-state index contributed by atoms with van der Waals surface area (Å²) in [6.07, 6.45) is 5.95. The molecule has 0 saturated carbocycles. The quantitative estimate of drug-likeness (QED) is 0.173. The van der Waals surface area contributed by atoms with Crippen LogP contribution in [0.25, 0.3) is 0 Å². The molecule has 0 aliphatic rings. The summed E-state index contributed by atoms with van der Waals surface area (Å²) in [4.78, 5) is 36.3. The number of benzene rings is 1. The van der Waals surface area contributed by atoms with Gasteiger partial charge in [-0.05, 0) is 46.6 Å². The van der Waals surface area contributed by atoms with Gasteiger partial charge in [0.25, 0.3) is 11.6 Å². The summed E-state index contributed by atoms with van der Waals surface area (Å²) >= 11 is 0. The molecule has 0 aliphatic heterocycles. The van der Waals surface area contributed by atoms with Crippen LogP contribution in [0, 0.1) is 10.1 Å². The highest BCUT2D eigenvalue weighted by atomic mass is 16.6. The van der Waals surface area contributed by atoms with E-state index in [9.17, 15) is 19.7 Å². The highest BCUT2D eigenvalue weighted by molar-refractivity contribution is 6.03. The fraction of sp³-hybridized carbons (Fsp3) is 0.455. The zero-order chi connectivity index (χ0) is 22.7. The summed E-state index contributed by atoms with van der Waals surface area (Å²) in [6.45, 7) is 7.97. The predicted molar refractivity (Wildman–Crippen MR) is 116 cm³/mol. The van der Waals surface area contributed by atoms with E-state index in [2.05, 4.69) is 19.9 Å². The lowest BCUT2D eigenvalue weighted by Crippen LogP contribution is -2.31. The number of ether oxygens (including phenoxy) is 2. The highest BCUT2D eigenvalue weighted by Crippen LogP contribution is 2.26. The summed E-state index contributed by atoms with van der Waals surface area (Å²) < 4.78 is 10.4. The van der Waals surface area contributed by atoms with Gasteiger partial charge in [-0.25, -0.2) is 4.79 Å². The number of rotatable bonds is 11. The monoisotopic (exact) mass is 418 g/mol. The smallest absolute Gasteiger partial charge is 0.340 e. The molecule has 0 saturated heterocycles. The molecular formula is C22H30N2O6. The first-order chi connectivity index (χ1) is 14.2. The van der Waals surface area contributed by atoms with Gasteiger partial charge in [-0.3, -0.25) is 14.9 Å². The van der Waals surface area contributed by atoms with Crippen molar-refractivity contribution in [3.63, 3.8) is 0 Å². The molecule has 0 heterocycles. The van der Waals surface area contributed by atoms with E-state index in [1.165, 1.54) is 35.7 Å². The van der Waals surface area contributed by atoms with Crippen molar-refractivity contribution in [3.05, 3.63) is 57.2 Å². The summed E-state index contributed by atoms with van der Waals surface area (Å²) in [7, 11) is 1.44. The molecular weight excluding hydrogens is 388 g/mol. The molecule has 0 aliphatic carbocycles. The minimum atomic E-state index is -0.655. The number of amides is 1. The third kappa shape index (κ3) is 8.16. The van der Waals surface area contributed by atoms with Gasteiger partial charge in [-0.15, -0.1) is 0 Å². The minimum absolute atomic E-state index is 0.0771. The Kier molecular flexibility index (Phi) is 10.5. The number of non-ortho nitro benzene ring substituents is 1. The standard InChI is InChI=1S/C22H30N2O6/c1-6-30-22(26)19-11-10-18(24(27)28)14-20(19)23(5)21(25)15-29-13-12-17(4)9-7-8-16(2)3/h8,10-12,14H,6-7,9,13,15H2,1-5H3/b17-12+. The van der Waals surface area contributed by atoms with E-state index in [0.29, 0.717) is 0 Å². The average Bonchev–Trinajstić information content (AvgIpc) is 2.69. The van der Waals surface area contributed by atoms with Gasteiger partial charge < -0.3 is 14.4 Å². The van der Waals surface area contributed by atoms with Crippen LogP contribution in [-0.2, 0) is 14.3 Å². The third-order valence-corrected chi connectivity index (χ3v) is 4.29. The Bertz CT molecular complexity index is 825. The first-order valence-electron chi connectivity index (χ1n) is 9.76.